The van der Waals surface area contributed by atoms with Gasteiger partial charge in [0.15, 0.2) is 0 Å². The molecular weight excluding hydrogens is 346 g/mol. The Hall–Kier alpha value is -2.83. The molecule has 2 aromatic heterocycles. The fourth-order valence-corrected chi connectivity index (χ4v) is 2.82. The number of aliphatic hydroxyl groups excluding tert-OH is 1. The van der Waals surface area contributed by atoms with Gasteiger partial charge in [0.1, 0.15) is 42.0 Å². The normalized spacial score (nSPS) is 12.3. The predicted molar refractivity (Wildman–Crippen MR) is 99.6 cm³/mol. The fourth-order valence-electron chi connectivity index (χ4n) is 2.82. The van der Waals surface area contributed by atoms with Crippen LogP contribution < -0.4 is 4.74 Å². The van der Waals surface area contributed by atoms with E-state index in [1.807, 2.05) is 36.1 Å². The summed E-state index contributed by atoms with van der Waals surface area (Å²) in [7, 11) is 0. The molecule has 0 spiro atoms. The number of carbonyl (C=O) groups is 1. The van der Waals surface area contributed by atoms with Crippen molar-refractivity contribution in [1.29, 1.82) is 0 Å². The first kappa shape index (κ1) is 18.9. The van der Waals surface area contributed by atoms with E-state index in [1.165, 1.54) is 0 Å². The standard InChI is InChI=1S/C21H23NO5/c1-16-7-8-21(27-16)13-22(12-20-6-3-9-25-20)11-18(24)15-26-19-5-2-4-17(10-19)14-23/h2-10,14,18,24H,11-13,15H2,1H3. The molecule has 0 fully saturated rings. The molecule has 6 heteroatoms. The number of ether oxygens (including phenoxy) is 1. The highest BCUT2D eigenvalue weighted by Crippen LogP contribution is 2.15. The van der Waals surface area contributed by atoms with Gasteiger partial charge in [-0.15, -0.1) is 0 Å². The molecule has 0 bridgehead atoms. The second-order valence-electron chi connectivity index (χ2n) is 6.42. The van der Waals surface area contributed by atoms with E-state index >= 15 is 0 Å². The lowest BCUT2D eigenvalue weighted by atomic mass is 10.2. The number of furan rings is 2. The Morgan fingerprint density at radius 2 is 2.00 bits per heavy atom. The number of carbonyl (C=O) groups excluding carboxylic acids is 1. The van der Waals surface area contributed by atoms with Crippen LogP contribution in [0.15, 0.2) is 63.6 Å². The third kappa shape index (κ3) is 5.84. The Morgan fingerprint density at radius 1 is 1.15 bits per heavy atom. The van der Waals surface area contributed by atoms with E-state index in [9.17, 15) is 9.90 Å². The summed E-state index contributed by atoms with van der Waals surface area (Å²) < 4.78 is 16.7. The minimum Gasteiger partial charge on any atom is -0.491 e. The SMILES string of the molecule is Cc1ccc(CN(Cc2ccco2)CC(O)COc2cccc(C=O)c2)o1. The number of rotatable bonds is 10. The van der Waals surface area contributed by atoms with Crippen molar-refractivity contribution in [2.45, 2.75) is 26.1 Å². The maximum absolute atomic E-state index is 10.8. The molecule has 3 rings (SSSR count). The van der Waals surface area contributed by atoms with Gasteiger partial charge >= 0.3 is 0 Å². The average molecular weight is 369 g/mol. The van der Waals surface area contributed by atoms with E-state index in [-0.39, 0.29) is 6.61 Å². The Bertz CT molecular complexity index is 840. The smallest absolute Gasteiger partial charge is 0.150 e. The van der Waals surface area contributed by atoms with E-state index in [0.29, 0.717) is 30.9 Å². The van der Waals surface area contributed by atoms with Crippen LogP contribution in [-0.2, 0) is 13.1 Å². The lowest BCUT2D eigenvalue weighted by Crippen LogP contribution is -2.34. The Kier molecular flexibility index (Phi) is 6.46. The molecule has 142 valence electrons. The van der Waals surface area contributed by atoms with E-state index in [4.69, 9.17) is 13.6 Å². The summed E-state index contributed by atoms with van der Waals surface area (Å²) in [5, 5.41) is 10.4. The van der Waals surface area contributed by atoms with Crippen molar-refractivity contribution >= 4 is 6.29 Å². The van der Waals surface area contributed by atoms with Crippen molar-refractivity contribution in [1.82, 2.24) is 4.90 Å². The molecule has 1 N–H and O–H groups in total. The quantitative estimate of drug-likeness (QED) is 0.552. The summed E-state index contributed by atoms with van der Waals surface area (Å²) in [6.07, 6.45) is 1.68. The first-order valence-electron chi connectivity index (χ1n) is 8.78. The Balaban J connectivity index is 1.58. The van der Waals surface area contributed by atoms with Crippen LogP contribution in [0.4, 0.5) is 0 Å². The molecular formula is C21H23NO5. The second kappa shape index (κ2) is 9.21. The summed E-state index contributed by atoms with van der Waals surface area (Å²) in [5.41, 5.74) is 0.537. The molecule has 0 amide bonds. The summed E-state index contributed by atoms with van der Waals surface area (Å²) in [5.74, 6) is 3.04. The van der Waals surface area contributed by atoms with Crippen molar-refractivity contribution in [3.05, 3.63) is 77.6 Å². The number of aldehydes is 1. The van der Waals surface area contributed by atoms with Gasteiger partial charge in [-0.25, -0.2) is 0 Å². The van der Waals surface area contributed by atoms with Crippen LogP contribution in [0.2, 0.25) is 0 Å². The first-order valence-corrected chi connectivity index (χ1v) is 8.78. The summed E-state index contributed by atoms with van der Waals surface area (Å²) in [6, 6.07) is 14.4. The van der Waals surface area contributed by atoms with Crippen molar-refractivity contribution in [2.75, 3.05) is 13.2 Å². The van der Waals surface area contributed by atoms with Gasteiger partial charge in [-0.05, 0) is 43.3 Å². The van der Waals surface area contributed by atoms with Crippen molar-refractivity contribution in [3.8, 4) is 5.75 Å². The molecule has 0 aliphatic rings. The topological polar surface area (TPSA) is 76.1 Å². The van der Waals surface area contributed by atoms with Gasteiger partial charge in [-0.3, -0.25) is 9.69 Å². The van der Waals surface area contributed by atoms with Crippen molar-refractivity contribution < 1.29 is 23.5 Å². The van der Waals surface area contributed by atoms with Crippen LogP contribution in [0, 0.1) is 6.92 Å². The van der Waals surface area contributed by atoms with Gasteiger partial charge in [-0.1, -0.05) is 12.1 Å². The average Bonchev–Trinajstić information content (AvgIpc) is 3.32. The van der Waals surface area contributed by atoms with E-state index in [0.717, 1.165) is 23.6 Å². The minimum atomic E-state index is -0.712. The number of hydrogen-bond donors (Lipinski definition) is 1. The number of nitrogens with zero attached hydrogens (tertiary/aromatic N) is 1. The van der Waals surface area contributed by atoms with Crippen LogP contribution in [0.1, 0.15) is 27.6 Å². The molecule has 0 radical (unpaired) electrons. The number of benzene rings is 1. The summed E-state index contributed by atoms with van der Waals surface area (Å²) in [4.78, 5) is 12.9. The zero-order valence-corrected chi connectivity index (χ0v) is 15.2. The Morgan fingerprint density at radius 3 is 2.70 bits per heavy atom. The van der Waals surface area contributed by atoms with Gasteiger partial charge in [0.2, 0.25) is 0 Å². The molecule has 0 saturated heterocycles. The molecule has 1 unspecified atom stereocenters. The van der Waals surface area contributed by atoms with E-state index in [1.54, 1.807) is 30.5 Å². The highest BCUT2D eigenvalue weighted by atomic mass is 16.5. The third-order valence-electron chi connectivity index (χ3n) is 4.04. The minimum absolute atomic E-state index is 0.119. The number of aryl methyl sites for hydroxylation is 1. The van der Waals surface area contributed by atoms with Gasteiger partial charge in [0.25, 0.3) is 0 Å². The van der Waals surface area contributed by atoms with Gasteiger partial charge in [-0.2, -0.15) is 0 Å². The second-order valence-corrected chi connectivity index (χ2v) is 6.42. The van der Waals surface area contributed by atoms with Crippen LogP contribution in [0.3, 0.4) is 0 Å². The number of hydrogen-bond acceptors (Lipinski definition) is 6. The molecule has 1 aromatic carbocycles. The zero-order valence-electron chi connectivity index (χ0n) is 15.2. The third-order valence-corrected chi connectivity index (χ3v) is 4.04. The summed E-state index contributed by atoms with van der Waals surface area (Å²) in [6.45, 7) is 3.50. The van der Waals surface area contributed by atoms with Crippen molar-refractivity contribution in [2.24, 2.45) is 0 Å². The van der Waals surface area contributed by atoms with Crippen LogP contribution >= 0.6 is 0 Å². The lowest BCUT2D eigenvalue weighted by Gasteiger charge is -2.23. The van der Waals surface area contributed by atoms with E-state index in [2.05, 4.69) is 0 Å². The largest absolute Gasteiger partial charge is 0.491 e. The lowest BCUT2D eigenvalue weighted by molar-refractivity contribution is 0.0579. The summed E-state index contributed by atoms with van der Waals surface area (Å²) >= 11 is 0. The van der Waals surface area contributed by atoms with Gasteiger partial charge in [0, 0.05) is 12.1 Å². The predicted octanol–water partition coefficient (Wildman–Crippen LogP) is 3.44. The van der Waals surface area contributed by atoms with Crippen LogP contribution in [0.25, 0.3) is 0 Å². The molecule has 6 nitrogen and oxygen atoms in total. The highest BCUT2D eigenvalue weighted by molar-refractivity contribution is 5.75. The molecule has 0 saturated carbocycles. The molecule has 1 atom stereocenters. The molecule has 2 heterocycles. The maximum atomic E-state index is 10.8. The zero-order chi connectivity index (χ0) is 19.1. The number of aliphatic hydroxyl groups is 1. The van der Waals surface area contributed by atoms with Gasteiger partial charge in [0.05, 0.1) is 19.4 Å². The fraction of sp³-hybridized carbons (Fsp3) is 0.286. The van der Waals surface area contributed by atoms with E-state index < -0.39 is 6.10 Å². The molecule has 27 heavy (non-hydrogen) atoms. The first-order chi connectivity index (χ1) is 13.1. The molecule has 0 aliphatic heterocycles. The van der Waals surface area contributed by atoms with Crippen LogP contribution in [-0.4, -0.2) is 35.5 Å². The van der Waals surface area contributed by atoms with Crippen LogP contribution in [0.5, 0.6) is 5.75 Å². The Labute approximate surface area is 158 Å². The maximum Gasteiger partial charge on any atom is 0.150 e. The highest BCUT2D eigenvalue weighted by Gasteiger charge is 2.16. The molecule has 0 aliphatic carbocycles. The van der Waals surface area contributed by atoms with Gasteiger partial charge < -0.3 is 18.7 Å². The van der Waals surface area contributed by atoms with Crippen molar-refractivity contribution in [3.63, 3.8) is 0 Å². The molecule has 3 aromatic rings. The monoisotopic (exact) mass is 369 g/mol.